The van der Waals surface area contributed by atoms with Gasteiger partial charge < -0.3 is 10.6 Å². The normalized spacial score (nSPS) is 27.4. The summed E-state index contributed by atoms with van der Waals surface area (Å²) in [5.41, 5.74) is -0.493. The van der Waals surface area contributed by atoms with E-state index in [1.807, 2.05) is 16.9 Å². The maximum Gasteiger partial charge on any atom is 0.248 e. The van der Waals surface area contributed by atoms with Crippen LogP contribution in [0.4, 0.5) is 0 Å². The first-order valence-corrected chi connectivity index (χ1v) is 7.21. The van der Waals surface area contributed by atoms with E-state index in [9.17, 15) is 4.79 Å². The largest absolute Gasteiger partial charge is 0.354 e. The van der Waals surface area contributed by atoms with Gasteiger partial charge in [0.1, 0.15) is 5.54 Å². The number of rotatable bonds is 4. The lowest BCUT2D eigenvalue weighted by Crippen LogP contribution is -2.54. The summed E-state index contributed by atoms with van der Waals surface area (Å²) < 4.78 is 1.85. The smallest absolute Gasteiger partial charge is 0.248 e. The monoisotopic (exact) mass is 298 g/mol. The van der Waals surface area contributed by atoms with Gasteiger partial charge >= 0.3 is 0 Å². The Labute approximate surface area is 125 Å². The molecule has 2 atom stereocenters. The first-order valence-electron chi connectivity index (χ1n) is 7.21. The van der Waals surface area contributed by atoms with E-state index in [1.165, 1.54) is 6.42 Å². The molecule has 1 aromatic rings. The fraction of sp³-hybridized carbons (Fsp3) is 0.714. The topological polar surface area (TPSA) is 59.0 Å². The molecule has 3 rings (SSSR count). The predicted octanol–water partition coefficient (Wildman–Crippen LogP) is 1.16. The molecular formula is C14H23ClN4O. The number of nitrogens with zero attached hydrogens (tertiary/aromatic N) is 2. The lowest BCUT2D eigenvalue weighted by Gasteiger charge is -2.36. The lowest BCUT2D eigenvalue weighted by molar-refractivity contribution is -0.132. The van der Waals surface area contributed by atoms with Crippen molar-refractivity contribution in [3.8, 4) is 0 Å². The highest BCUT2D eigenvalue weighted by atomic mass is 35.5. The van der Waals surface area contributed by atoms with Gasteiger partial charge in [0.15, 0.2) is 0 Å². The average Bonchev–Trinajstić information content (AvgIpc) is 2.94. The third-order valence-corrected chi connectivity index (χ3v) is 4.60. The molecular weight excluding hydrogens is 276 g/mol. The molecule has 0 aromatic carbocycles. The summed E-state index contributed by atoms with van der Waals surface area (Å²) in [4.78, 5) is 12.7. The van der Waals surface area contributed by atoms with Gasteiger partial charge in [0.25, 0.3) is 0 Å². The van der Waals surface area contributed by atoms with Crippen LogP contribution in [-0.2, 0) is 10.3 Å². The van der Waals surface area contributed by atoms with Crippen LogP contribution < -0.4 is 10.6 Å². The summed E-state index contributed by atoms with van der Waals surface area (Å²) in [7, 11) is 0. The van der Waals surface area contributed by atoms with Crippen molar-refractivity contribution in [2.75, 3.05) is 19.6 Å². The highest BCUT2D eigenvalue weighted by molar-refractivity contribution is 5.85. The average molecular weight is 299 g/mol. The number of hydrogen-bond donors (Lipinski definition) is 2. The summed E-state index contributed by atoms with van der Waals surface area (Å²) in [5.74, 6) is 1.59. The minimum absolute atomic E-state index is 0. The van der Waals surface area contributed by atoms with Gasteiger partial charge in [-0.15, -0.1) is 12.4 Å². The Morgan fingerprint density at radius 3 is 2.75 bits per heavy atom. The van der Waals surface area contributed by atoms with Crippen molar-refractivity contribution in [1.82, 2.24) is 20.4 Å². The van der Waals surface area contributed by atoms with Crippen LogP contribution in [0.25, 0.3) is 0 Å². The molecule has 1 amide bonds. The molecule has 2 N–H and O–H groups in total. The van der Waals surface area contributed by atoms with E-state index in [-0.39, 0.29) is 18.3 Å². The number of carbonyl (C=O) groups excluding carboxylic acids is 1. The molecule has 2 fully saturated rings. The van der Waals surface area contributed by atoms with Gasteiger partial charge in [-0.25, -0.2) is 0 Å². The summed E-state index contributed by atoms with van der Waals surface area (Å²) in [5, 5.41) is 10.8. The second kappa shape index (κ2) is 6.14. The zero-order chi connectivity index (χ0) is 13.3. The summed E-state index contributed by atoms with van der Waals surface area (Å²) in [6, 6.07) is 1.89. The van der Waals surface area contributed by atoms with Crippen LogP contribution in [0, 0.1) is 11.8 Å². The number of hydrogen-bond acceptors (Lipinski definition) is 3. The zero-order valence-electron chi connectivity index (χ0n) is 11.8. The molecule has 0 spiro atoms. The SMILES string of the molecule is CC1CC1CNC(=O)C1(n2cccn2)CCNCC1.Cl. The van der Waals surface area contributed by atoms with Crippen molar-refractivity contribution < 1.29 is 4.79 Å². The van der Waals surface area contributed by atoms with E-state index in [1.54, 1.807) is 6.20 Å². The van der Waals surface area contributed by atoms with Crippen molar-refractivity contribution in [3.63, 3.8) is 0 Å². The van der Waals surface area contributed by atoms with E-state index in [0.29, 0.717) is 5.92 Å². The molecule has 1 aromatic heterocycles. The standard InChI is InChI=1S/C14H22N4O.ClH/c1-11-9-12(11)10-16-13(19)14(3-6-15-7-4-14)18-8-2-5-17-18;/h2,5,8,11-12,15H,3-4,6-7,9-10H2,1H3,(H,16,19);1H. The Balaban J connectivity index is 0.00000147. The molecule has 1 aliphatic carbocycles. The molecule has 2 heterocycles. The molecule has 6 heteroatoms. The Morgan fingerprint density at radius 1 is 1.50 bits per heavy atom. The number of piperidine rings is 1. The maximum atomic E-state index is 12.7. The molecule has 0 bridgehead atoms. The number of aromatic nitrogens is 2. The van der Waals surface area contributed by atoms with Crippen LogP contribution in [0.3, 0.4) is 0 Å². The molecule has 20 heavy (non-hydrogen) atoms. The van der Waals surface area contributed by atoms with E-state index < -0.39 is 5.54 Å². The van der Waals surface area contributed by atoms with Crippen molar-refractivity contribution in [2.24, 2.45) is 11.8 Å². The second-order valence-corrected chi connectivity index (χ2v) is 5.92. The highest BCUT2D eigenvalue weighted by Gasteiger charge is 2.43. The summed E-state index contributed by atoms with van der Waals surface area (Å²) >= 11 is 0. The van der Waals surface area contributed by atoms with Gasteiger partial charge in [0.05, 0.1) is 0 Å². The third kappa shape index (κ3) is 2.83. The molecule has 1 saturated heterocycles. The van der Waals surface area contributed by atoms with E-state index in [2.05, 4.69) is 22.7 Å². The van der Waals surface area contributed by atoms with Gasteiger partial charge in [0, 0.05) is 18.9 Å². The predicted molar refractivity (Wildman–Crippen MR) is 79.8 cm³/mol. The molecule has 1 aliphatic heterocycles. The fourth-order valence-corrected chi connectivity index (χ4v) is 2.99. The van der Waals surface area contributed by atoms with Crippen molar-refractivity contribution in [2.45, 2.75) is 31.7 Å². The van der Waals surface area contributed by atoms with Crippen LogP contribution in [0.1, 0.15) is 26.2 Å². The third-order valence-electron chi connectivity index (χ3n) is 4.60. The van der Waals surface area contributed by atoms with E-state index in [0.717, 1.165) is 38.4 Å². The van der Waals surface area contributed by atoms with Gasteiger partial charge in [-0.2, -0.15) is 5.10 Å². The summed E-state index contributed by atoms with van der Waals surface area (Å²) in [6.45, 7) is 4.79. The van der Waals surface area contributed by atoms with Crippen LogP contribution in [0.5, 0.6) is 0 Å². The number of amides is 1. The molecule has 1 saturated carbocycles. The van der Waals surface area contributed by atoms with Crippen LogP contribution in [-0.4, -0.2) is 35.3 Å². The van der Waals surface area contributed by atoms with Gasteiger partial charge in [-0.1, -0.05) is 6.92 Å². The van der Waals surface area contributed by atoms with Gasteiger partial charge in [0.2, 0.25) is 5.91 Å². The minimum Gasteiger partial charge on any atom is -0.354 e. The highest BCUT2D eigenvalue weighted by Crippen LogP contribution is 2.37. The van der Waals surface area contributed by atoms with Gasteiger partial charge in [-0.3, -0.25) is 9.48 Å². The molecule has 5 nitrogen and oxygen atoms in total. The minimum atomic E-state index is -0.493. The zero-order valence-corrected chi connectivity index (χ0v) is 12.7. The maximum absolute atomic E-state index is 12.7. The number of halogens is 1. The van der Waals surface area contributed by atoms with E-state index in [4.69, 9.17) is 0 Å². The first-order chi connectivity index (χ1) is 9.22. The number of carbonyl (C=O) groups is 1. The fourth-order valence-electron chi connectivity index (χ4n) is 2.99. The Bertz CT molecular complexity index is 442. The van der Waals surface area contributed by atoms with Gasteiger partial charge in [-0.05, 0) is 50.3 Å². The lowest BCUT2D eigenvalue weighted by atomic mass is 9.87. The Morgan fingerprint density at radius 2 is 2.20 bits per heavy atom. The summed E-state index contributed by atoms with van der Waals surface area (Å²) in [6.07, 6.45) is 6.52. The quantitative estimate of drug-likeness (QED) is 0.877. The van der Waals surface area contributed by atoms with Crippen LogP contribution in [0.2, 0.25) is 0 Å². The van der Waals surface area contributed by atoms with E-state index >= 15 is 0 Å². The Kier molecular flexibility index (Phi) is 4.70. The van der Waals surface area contributed by atoms with Crippen LogP contribution in [0.15, 0.2) is 18.5 Å². The second-order valence-electron chi connectivity index (χ2n) is 5.92. The van der Waals surface area contributed by atoms with Crippen molar-refractivity contribution >= 4 is 18.3 Å². The molecule has 0 radical (unpaired) electrons. The number of nitrogens with one attached hydrogen (secondary N) is 2. The molecule has 2 aliphatic rings. The van der Waals surface area contributed by atoms with Crippen molar-refractivity contribution in [1.29, 1.82) is 0 Å². The Hall–Kier alpha value is -1.07. The molecule has 2 unspecified atom stereocenters. The molecule has 112 valence electrons. The first kappa shape index (κ1) is 15.3. The van der Waals surface area contributed by atoms with Crippen LogP contribution >= 0.6 is 12.4 Å². The van der Waals surface area contributed by atoms with Crippen molar-refractivity contribution in [3.05, 3.63) is 18.5 Å².